The Morgan fingerprint density at radius 2 is 2.14 bits per heavy atom. The van der Waals surface area contributed by atoms with Crippen LogP contribution in [-0.2, 0) is 9.53 Å². The molecule has 6 nitrogen and oxygen atoms in total. The molecule has 116 valence electrons. The van der Waals surface area contributed by atoms with Crippen molar-refractivity contribution in [1.29, 1.82) is 0 Å². The number of hydrogen-bond donors (Lipinski definition) is 0. The summed E-state index contributed by atoms with van der Waals surface area (Å²) < 4.78 is 6.91. The molecule has 0 radical (unpaired) electrons. The Bertz CT molecular complexity index is 687. The van der Waals surface area contributed by atoms with Crippen molar-refractivity contribution < 1.29 is 14.3 Å². The molecule has 0 atom stereocenters. The van der Waals surface area contributed by atoms with Gasteiger partial charge in [-0.2, -0.15) is 0 Å². The summed E-state index contributed by atoms with van der Waals surface area (Å²) >= 11 is 0. The van der Waals surface area contributed by atoms with E-state index < -0.39 is 0 Å². The van der Waals surface area contributed by atoms with Gasteiger partial charge in [-0.3, -0.25) is 9.59 Å². The van der Waals surface area contributed by atoms with Crippen LogP contribution in [0.15, 0.2) is 30.9 Å². The third kappa shape index (κ3) is 2.81. The van der Waals surface area contributed by atoms with E-state index in [1.54, 1.807) is 23.5 Å². The second kappa shape index (κ2) is 6.17. The van der Waals surface area contributed by atoms with E-state index in [4.69, 9.17) is 4.74 Å². The third-order valence-corrected chi connectivity index (χ3v) is 4.06. The summed E-state index contributed by atoms with van der Waals surface area (Å²) in [7, 11) is 0. The minimum atomic E-state index is -0.143. The van der Waals surface area contributed by atoms with Crippen LogP contribution in [0.1, 0.15) is 30.1 Å². The van der Waals surface area contributed by atoms with Crippen LogP contribution in [0.5, 0.6) is 0 Å². The molecule has 1 amide bonds. The van der Waals surface area contributed by atoms with Gasteiger partial charge in [-0.1, -0.05) is 0 Å². The van der Waals surface area contributed by atoms with Crippen LogP contribution in [0, 0.1) is 5.92 Å². The molecule has 1 aliphatic rings. The quantitative estimate of drug-likeness (QED) is 0.810. The zero-order valence-corrected chi connectivity index (χ0v) is 12.6. The minimum absolute atomic E-state index is 0.00556. The number of carbonyl (C=O) groups excluding carboxylic acids is 2. The highest BCUT2D eigenvalue weighted by Crippen LogP contribution is 2.20. The van der Waals surface area contributed by atoms with Crippen LogP contribution >= 0.6 is 0 Å². The van der Waals surface area contributed by atoms with Gasteiger partial charge in [-0.05, 0) is 31.9 Å². The predicted octanol–water partition coefficient (Wildman–Crippen LogP) is 1.75. The molecule has 0 bridgehead atoms. The molecule has 0 aliphatic carbocycles. The first-order valence-electron chi connectivity index (χ1n) is 7.56. The molecule has 2 aromatic rings. The van der Waals surface area contributed by atoms with E-state index in [0.717, 1.165) is 5.52 Å². The van der Waals surface area contributed by atoms with Crippen LogP contribution in [0.4, 0.5) is 0 Å². The van der Waals surface area contributed by atoms with E-state index >= 15 is 0 Å². The number of imidazole rings is 1. The second-order valence-corrected chi connectivity index (χ2v) is 5.46. The number of rotatable bonds is 3. The predicted molar refractivity (Wildman–Crippen MR) is 80.5 cm³/mol. The Morgan fingerprint density at radius 1 is 1.36 bits per heavy atom. The topological polar surface area (TPSA) is 63.9 Å². The SMILES string of the molecule is CCOC(=O)C1CCN(C(=O)c2ccn3cncc3c2)CC1. The van der Waals surface area contributed by atoms with Crippen molar-refractivity contribution in [2.45, 2.75) is 19.8 Å². The van der Waals surface area contributed by atoms with E-state index in [1.807, 2.05) is 23.6 Å². The largest absolute Gasteiger partial charge is 0.466 e. The number of amides is 1. The molecule has 1 aliphatic heterocycles. The second-order valence-electron chi connectivity index (χ2n) is 5.46. The highest BCUT2D eigenvalue weighted by Gasteiger charge is 2.28. The molecule has 0 N–H and O–H groups in total. The van der Waals surface area contributed by atoms with Gasteiger partial charge in [0.2, 0.25) is 0 Å². The number of hydrogen-bond acceptors (Lipinski definition) is 4. The molecule has 0 spiro atoms. The van der Waals surface area contributed by atoms with Gasteiger partial charge in [0.1, 0.15) is 0 Å². The summed E-state index contributed by atoms with van der Waals surface area (Å²) in [4.78, 5) is 30.1. The van der Waals surface area contributed by atoms with Gasteiger partial charge in [-0.25, -0.2) is 4.98 Å². The zero-order valence-electron chi connectivity index (χ0n) is 12.6. The lowest BCUT2D eigenvalue weighted by Gasteiger charge is -2.31. The summed E-state index contributed by atoms with van der Waals surface area (Å²) in [6.45, 7) is 3.39. The molecule has 0 aromatic carbocycles. The van der Waals surface area contributed by atoms with E-state index in [0.29, 0.717) is 38.1 Å². The zero-order chi connectivity index (χ0) is 15.5. The van der Waals surface area contributed by atoms with E-state index in [2.05, 4.69) is 4.98 Å². The Hall–Kier alpha value is -2.37. The highest BCUT2D eigenvalue weighted by molar-refractivity contribution is 5.95. The first-order valence-corrected chi connectivity index (χ1v) is 7.56. The van der Waals surface area contributed by atoms with E-state index in [9.17, 15) is 9.59 Å². The highest BCUT2D eigenvalue weighted by atomic mass is 16.5. The van der Waals surface area contributed by atoms with Crippen LogP contribution in [0.3, 0.4) is 0 Å². The first kappa shape index (κ1) is 14.6. The number of fused-ring (bicyclic) bond motifs is 1. The van der Waals surface area contributed by atoms with Crippen molar-refractivity contribution in [1.82, 2.24) is 14.3 Å². The normalized spacial score (nSPS) is 16.0. The molecule has 0 saturated carbocycles. The van der Waals surface area contributed by atoms with Crippen LogP contribution in [0.25, 0.3) is 5.52 Å². The van der Waals surface area contributed by atoms with Gasteiger partial charge in [0, 0.05) is 24.8 Å². The molecule has 6 heteroatoms. The maximum absolute atomic E-state index is 12.5. The summed E-state index contributed by atoms with van der Waals surface area (Å²) in [5.41, 5.74) is 1.55. The number of pyridine rings is 1. The molecular weight excluding hydrogens is 282 g/mol. The number of nitrogens with zero attached hydrogens (tertiary/aromatic N) is 3. The summed E-state index contributed by atoms with van der Waals surface area (Å²) in [6.07, 6.45) is 6.60. The standard InChI is InChI=1S/C16H19N3O3/c1-2-22-16(21)12-3-6-18(7-4-12)15(20)13-5-8-19-11-17-10-14(19)9-13/h5,8-12H,2-4,6-7H2,1H3. The van der Waals surface area contributed by atoms with Gasteiger partial charge in [0.05, 0.1) is 30.6 Å². The Morgan fingerprint density at radius 3 is 2.86 bits per heavy atom. The van der Waals surface area contributed by atoms with E-state index in [-0.39, 0.29) is 17.8 Å². The Kier molecular flexibility index (Phi) is 4.09. The van der Waals surface area contributed by atoms with Crippen molar-refractivity contribution in [2.75, 3.05) is 19.7 Å². The first-order chi connectivity index (χ1) is 10.7. The molecule has 3 heterocycles. The maximum atomic E-state index is 12.5. The van der Waals surface area contributed by atoms with Crippen molar-refractivity contribution in [3.05, 3.63) is 36.4 Å². The van der Waals surface area contributed by atoms with E-state index in [1.165, 1.54) is 0 Å². The van der Waals surface area contributed by atoms with Crippen molar-refractivity contribution in [2.24, 2.45) is 5.92 Å². The number of esters is 1. The average Bonchev–Trinajstić information content (AvgIpc) is 3.02. The fourth-order valence-corrected chi connectivity index (χ4v) is 2.81. The monoisotopic (exact) mass is 301 g/mol. The summed E-state index contributed by atoms with van der Waals surface area (Å²) in [5, 5.41) is 0. The fraction of sp³-hybridized carbons (Fsp3) is 0.438. The minimum Gasteiger partial charge on any atom is -0.466 e. The number of likely N-dealkylation sites (tertiary alicyclic amines) is 1. The molecule has 0 unspecified atom stereocenters. The van der Waals surface area contributed by atoms with Gasteiger partial charge >= 0.3 is 5.97 Å². The summed E-state index contributed by atoms with van der Waals surface area (Å²) in [5.74, 6) is -0.220. The van der Waals surface area contributed by atoms with Gasteiger partial charge in [-0.15, -0.1) is 0 Å². The average molecular weight is 301 g/mol. The fourth-order valence-electron chi connectivity index (χ4n) is 2.81. The smallest absolute Gasteiger partial charge is 0.309 e. The van der Waals surface area contributed by atoms with Crippen LogP contribution in [0.2, 0.25) is 0 Å². The van der Waals surface area contributed by atoms with Crippen molar-refractivity contribution in [3.63, 3.8) is 0 Å². The molecular formula is C16H19N3O3. The molecule has 1 fully saturated rings. The molecule has 3 rings (SSSR count). The Balaban J connectivity index is 1.65. The van der Waals surface area contributed by atoms with Gasteiger partial charge < -0.3 is 14.0 Å². The number of ether oxygens (including phenoxy) is 1. The molecule has 22 heavy (non-hydrogen) atoms. The third-order valence-electron chi connectivity index (χ3n) is 4.06. The maximum Gasteiger partial charge on any atom is 0.309 e. The van der Waals surface area contributed by atoms with Gasteiger partial charge in [0.25, 0.3) is 5.91 Å². The molecule has 2 aromatic heterocycles. The van der Waals surface area contributed by atoms with Crippen LogP contribution < -0.4 is 0 Å². The van der Waals surface area contributed by atoms with Crippen LogP contribution in [-0.4, -0.2) is 45.9 Å². The lowest BCUT2D eigenvalue weighted by Crippen LogP contribution is -2.40. The molecule has 1 saturated heterocycles. The van der Waals surface area contributed by atoms with Gasteiger partial charge in [0.15, 0.2) is 0 Å². The lowest BCUT2D eigenvalue weighted by atomic mass is 9.96. The van der Waals surface area contributed by atoms with Crippen molar-refractivity contribution in [3.8, 4) is 0 Å². The summed E-state index contributed by atoms with van der Waals surface area (Å²) in [6, 6.07) is 3.64. The lowest BCUT2D eigenvalue weighted by molar-refractivity contribution is -0.149. The van der Waals surface area contributed by atoms with Crippen molar-refractivity contribution >= 4 is 17.4 Å². The number of piperidine rings is 1. The number of carbonyl (C=O) groups is 2. The Labute approximate surface area is 128 Å². The number of aromatic nitrogens is 2.